The maximum absolute atomic E-state index is 12.2. The molecule has 0 radical (unpaired) electrons. The van der Waals surface area contributed by atoms with Gasteiger partial charge in [-0.05, 0) is 13.8 Å². The first-order valence-electron chi connectivity index (χ1n) is 6.35. The van der Waals surface area contributed by atoms with Crippen LogP contribution >= 0.6 is 0 Å². The summed E-state index contributed by atoms with van der Waals surface area (Å²) in [5.74, 6) is 0.502. The van der Waals surface area contributed by atoms with Gasteiger partial charge in [-0.25, -0.2) is 15.0 Å². The zero-order chi connectivity index (χ0) is 15.6. The van der Waals surface area contributed by atoms with E-state index in [-0.39, 0.29) is 11.1 Å². The summed E-state index contributed by atoms with van der Waals surface area (Å²) in [5.41, 5.74) is 0.291. The summed E-state index contributed by atoms with van der Waals surface area (Å²) in [6.07, 6.45) is 5.81. The van der Waals surface area contributed by atoms with Crippen molar-refractivity contribution in [2.45, 2.75) is 24.9 Å². The van der Waals surface area contributed by atoms with Crippen LogP contribution in [0.15, 0.2) is 29.9 Å². The van der Waals surface area contributed by atoms with Crippen molar-refractivity contribution in [1.29, 1.82) is 0 Å². The zero-order valence-corrected chi connectivity index (χ0v) is 13.2. The molecule has 2 rings (SSSR count). The average Bonchev–Trinajstić information content (AvgIpc) is 2.89. The molecule has 0 saturated carbocycles. The number of nitrogens with zero attached hydrogens (tertiary/aromatic N) is 5. The van der Waals surface area contributed by atoms with Crippen molar-refractivity contribution < 1.29 is 8.42 Å². The van der Waals surface area contributed by atoms with Gasteiger partial charge in [0.2, 0.25) is 5.95 Å². The van der Waals surface area contributed by atoms with Gasteiger partial charge in [0.1, 0.15) is 0 Å². The number of anilines is 2. The van der Waals surface area contributed by atoms with Crippen molar-refractivity contribution in [2.24, 2.45) is 0 Å². The predicted molar refractivity (Wildman–Crippen MR) is 79.8 cm³/mol. The topological polar surface area (TPSA) is 93.0 Å². The van der Waals surface area contributed by atoms with Crippen molar-refractivity contribution >= 4 is 21.7 Å². The van der Waals surface area contributed by atoms with Gasteiger partial charge in [-0.15, -0.1) is 0 Å². The van der Waals surface area contributed by atoms with E-state index in [9.17, 15) is 8.42 Å². The molecule has 0 saturated heterocycles. The van der Waals surface area contributed by atoms with Gasteiger partial charge < -0.3 is 9.47 Å². The Morgan fingerprint density at radius 1 is 1.19 bits per heavy atom. The van der Waals surface area contributed by atoms with Crippen molar-refractivity contribution in [2.75, 3.05) is 23.7 Å². The highest BCUT2D eigenvalue weighted by atomic mass is 32.2. The van der Waals surface area contributed by atoms with Crippen LogP contribution in [0.25, 0.3) is 0 Å². The van der Waals surface area contributed by atoms with E-state index in [1.807, 2.05) is 13.8 Å². The summed E-state index contributed by atoms with van der Waals surface area (Å²) < 4.78 is 28.5. The Bertz CT molecular complexity index is 706. The van der Waals surface area contributed by atoms with Crippen molar-refractivity contribution in [3.05, 3.63) is 24.9 Å². The van der Waals surface area contributed by atoms with Crippen molar-refractivity contribution in [3.63, 3.8) is 0 Å². The highest BCUT2D eigenvalue weighted by Gasteiger charge is 2.18. The third-order valence-corrected chi connectivity index (χ3v) is 4.01. The number of sulfonamides is 1. The molecule has 0 spiro atoms. The van der Waals surface area contributed by atoms with Gasteiger partial charge in [-0.2, -0.15) is 8.42 Å². The molecule has 0 aliphatic rings. The number of rotatable bonds is 5. The first-order chi connectivity index (χ1) is 9.79. The van der Waals surface area contributed by atoms with Crippen molar-refractivity contribution in [1.82, 2.24) is 19.5 Å². The molecule has 0 unspecified atom stereocenters. The Kier molecular flexibility index (Phi) is 4.12. The largest absolute Gasteiger partial charge is 0.347 e. The fraction of sp³-hybridized carbons (Fsp3) is 0.417. The highest BCUT2D eigenvalue weighted by Crippen LogP contribution is 2.15. The maximum Gasteiger partial charge on any atom is 0.281 e. The number of aromatic nitrogens is 4. The van der Waals surface area contributed by atoms with Gasteiger partial charge in [-0.1, -0.05) is 0 Å². The molecular formula is C12H18N6O2S. The quantitative estimate of drug-likeness (QED) is 0.889. The lowest BCUT2D eigenvalue weighted by Gasteiger charge is -2.10. The molecule has 21 heavy (non-hydrogen) atoms. The molecule has 0 atom stereocenters. The summed E-state index contributed by atoms with van der Waals surface area (Å²) >= 11 is 0. The average molecular weight is 310 g/mol. The van der Waals surface area contributed by atoms with Crippen LogP contribution in [0, 0.1) is 0 Å². The minimum absolute atomic E-state index is 0.0344. The van der Waals surface area contributed by atoms with E-state index >= 15 is 0 Å². The van der Waals surface area contributed by atoms with E-state index in [2.05, 4.69) is 19.7 Å². The minimum atomic E-state index is -3.73. The zero-order valence-electron chi connectivity index (χ0n) is 12.3. The molecule has 2 aromatic heterocycles. The molecule has 0 aliphatic heterocycles. The molecule has 0 aromatic carbocycles. The van der Waals surface area contributed by atoms with Gasteiger partial charge in [-0.3, -0.25) is 4.72 Å². The van der Waals surface area contributed by atoms with Gasteiger partial charge in [0.05, 0.1) is 24.4 Å². The van der Waals surface area contributed by atoms with Crippen LogP contribution in [0.3, 0.4) is 0 Å². The predicted octanol–water partition coefficient (Wildman–Crippen LogP) is 1.12. The number of hydrogen-bond acceptors (Lipinski definition) is 6. The van der Waals surface area contributed by atoms with E-state index < -0.39 is 10.0 Å². The molecule has 2 heterocycles. The number of nitrogens with one attached hydrogen (secondary N) is 1. The molecule has 2 aromatic rings. The van der Waals surface area contributed by atoms with Crippen LogP contribution < -0.4 is 9.62 Å². The highest BCUT2D eigenvalue weighted by molar-refractivity contribution is 7.92. The fourth-order valence-corrected chi connectivity index (χ4v) is 2.52. The van der Waals surface area contributed by atoms with Crippen LogP contribution in [-0.4, -0.2) is 42.0 Å². The van der Waals surface area contributed by atoms with Gasteiger partial charge in [0, 0.05) is 26.3 Å². The second-order valence-corrected chi connectivity index (χ2v) is 6.65. The summed E-state index contributed by atoms with van der Waals surface area (Å²) in [5, 5.41) is -0.0344. The number of hydrogen-bond donors (Lipinski definition) is 1. The van der Waals surface area contributed by atoms with E-state index in [0.29, 0.717) is 11.6 Å². The molecule has 0 fully saturated rings. The first-order valence-corrected chi connectivity index (χ1v) is 7.83. The smallest absolute Gasteiger partial charge is 0.281 e. The van der Waals surface area contributed by atoms with Crippen molar-refractivity contribution in [3.8, 4) is 0 Å². The lowest BCUT2D eigenvalue weighted by atomic mass is 10.4. The summed E-state index contributed by atoms with van der Waals surface area (Å²) in [7, 11) is -0.128. The third kappa shape index (κ3) is 3.48. The maximum atomic E-state index is 12.2. The van der Waals surface area contributed by atoms with Crippen LogP contribution in [0.4, 0.5) is 11.6 Å². The monoisotopic (exact) mass is 310 g/mol. The Labute approximate surface area is 123 Å². The fourth-order valence-electron chi connectivity index (χ4n) is 1.55. The van der Waals surface area contributed by atoms with Crippen LogP contribution in [0.5, 0.6) is 0 Å². The first kappa shape index (κ1) is 15.2. The second-order valence-electron chi connectivity index (χ2n) is 5.02. The Balaban J connectivity index is 2.20. The molecule has 9 heteroatoms. The van der Waals surface area contributed by atoms with Crippen LogP contribution in [0.1, 0.15) is 19.9 Å². The van der Waals surface area contributed by atoms with Crippen LogP contribution in [0.2, 0.25) is 0 Å². The van der Waals surface area contributed by atoms with E-state index in [0.717, 1.165) is 0 Å². The molecule has 0 amide bonds. The SMILES string of the molecule is CC(C)n1cnc(S(=O)(=O)Nc2cnc(N(C)C)nc2)c1. The Morgan fingerprint density at radius 3 is 2.29 bits per heavy atom. The normalized spacial score (nSPS) is 11.7. The minimum Gasteiger partial charge on any atom is -0.347 e. The van der Waals surface area contributed by atoms with Gasteiger partial charge >= 0.3 is 0 Å². The molecule has 0 aliphatic carbocycles. The van der Waals surface area contributed by atoms with Gasteiger partial charge in [0.15, 0.2) is 5.03 Å². The van der Waals surface area contributed by atoms with Gasteiger partial charge in [0.25, 0.3) is 10.0 Å². The van der Waals surface area contributed by atoms with E-state index in [1.54, 1.807) is 23.6 Å². The third-order valence-electron chi connectivity index (χ3n) is 2.74. The molecule has 0 bridgehead atoms. The molecule has 1 N–H and O–H groups in total. The molecular weight excluding hydrogens is 292 g/mol. The van der Waals surface area contributed by atoms with E-state index in [4.69, 9.17) is 0 Å². The summed E-state index contributed by atoms with van der Waals surface area (Å²) in [6.45, 7) is 3.89. The summed E-state index contributed by atoms with van der Waals surface area (Å²) in [6, 6.07) is 0.143. The second kappa shape index (κ2) is 5.68. The standard InChI is InChI=1S/C12H18N6O2S/c1-9(2)18-7-11(15-8-18)21(19,20)16-10-5-13-12(14-6-10)17(3)4/h5-9,16H,1-4H3. The van der Waals surface area contributed by atoms with Crippen LogP contribution in [-0.2, 0) is 10.0 Å². The number of imidazole rings is 1. The lowest BCUT2D eigenvalue weighted by molar-refractivity contribution is 0.591. The summed E-state index contributed by atoms with van der Waals surface area (Å²) in [4.78, 5) is 13.7. The Hall–Kier alpha value is -2.16. The Morgan fingerprint density at radius 2 is 1.81 bits per heavy atom. The molecule has 8 nitrogen and oxygen atoms in total. The van der Waals surface area contributed by atoms with E-state index in [1.165, 1.54) is 24.9 Å². The molecule has 114 valence electrons. The lowest BCUT2D eigenvalue weighted by Crippen LogP contribution is -2.16.